The number of halogens is 2. The van der Waals surface area contributed by atoms with E-state index < -0.39 is 11.5 Å². The van der Waals surface area contributed by atoms with Crippen LogP contribution in [-0.2, 0) is 15.0 Å². The van der Waals surface area contributed by atoms with Gasteiger partial charge in [0.05, 0.1) is 15.5 Å². The van der Waals surface area contributed by atoms with Gasteiger partial charge in [-0.05, 0) is 49.8 Å². The lowest BCUT2D eigenvalue weighted by Crippen LogP contribution is -2.55. The van der Waals surface area contributed by atoms with Gasteiger partial charge in [-0.1, -0.05) is 35.7 Å². The molecule has 124 valence electrons. The zero-order chi connectivity index (χ0) is 16.4. The number of hydrogen-bond acceptors (Lipinski definition) is 2. The van der Waals surface area contributed by atoms with Gasteiger partial charge in [0, 0.05) is 6.54 Å². The molecule has 23 heavy (non-hydrogen) atoms. The molecule has 1 aliphatic carbocycles. The van der Waals surface area contributed by atoms with E-state index in [0.29, 0.717) is 23.0 Å². The molecule has 1 saturated carbocycles. The normalized spacial score (nSPS) is 23.4. The molecule has 1 aliphatic heterocycles. The van der Waals surface area contributed by atoms with Crippen LogP contribution in [0.5, 0.6) is 0 Å². The molecule has 1 heterocycles. The summed E-state index contributed by atoms with van der Waals surface area (Å²) in [6.45, 7) is 0.684. The van der Waals surface area contributed by atoms with Gasteiger partial charge < -0.3 is 10.6 Å². The standard InChI is InChI=1S/C17H20Cl2N2O2/c18-12-6-5-11(10-13(12)19)17(7-3-8-17)16(23)21-14-4-1-2-9-20-15(14)22/h5-6,10,14H,1-4,7-9H2,(H,20,22)(H,21,23). The first-order valence-corrected chi connectivity index (χ1v) is 8.83. The lowest BCUT2D eigenvalue weighted by atomic mass is 9.63. The van der Waals surface area contributed by atoms with Crippen molar-refractivity contribution < 1.29 is 9.59 Å². The SMILES string of the molecule is O=C1NCCCCC1NC(=O)C1(c2ccc(Cl)c(Cl)c2)CCC1. The molecular weight excluding hydrogens is 335 g/mol. The zero-order valence-electron chi connectivity index (χ0n) is 12.8. The number of rotatable bonds is 3. The Morgan fingerprint density at radius 3 is 2.61 bits per heavy atom. The molecule has 3 rings (SSSR count). The molecule has 4 nitrogen and oxygen atoms in total. The third kappa shape index (κ3) is 3.20. The average Bonchev–Trinajstić information content (AvgIpc) is 2.67. The van der Waals surface area contributed by atoms with E-state index in [9.17, 15) is 9.59 Å². The Balaban J connectivity index is 1.80. The second kappa shape index (κ2) is 6.70. The highest BCUT2D eigenvalue weighted by molar-refractivity contribution is 6.42. The Labute approximate surface area is 145 Å². The largest absolute Gasteiger partial charge is 0.354 e. The van der Waals surface area contributed by atoms with Gasteiger partial charge in [0.1, 0.15) is 6.04 Å². The number of carbonyl (C=O) groups excluding carboxylic acids is 2. The molecule has 0 radical (unpaired) electrons. The van der Waals surface area contributed by atoms with Crippen molar-refractivity contribution in [2.24, 2.45) is 0 Å². The summed E-state index contributed by atoms with van der Waals surface area (Å²) < 4.78 is 0. The molecule has 2 aliphatic rings. The van der Waals surface area contributed by atoms with Crippen LogP contribution < -0.4 is 10.6 Å². The third-order valence-corrected chi connectivity index (χ3v) is 5.69. The van der Waals surface area contributed by atoms with Crippen molar-refractivity contribution in [3.63, 3.8) is 0 Å². The maximum Gasteiger partial charge on any atom is 0.242 e. The molecule has 0 bridgehead atoms. The fraction of sp³-hybridized carbons (Fsp3) is 0.529. The van der Waals surface area contributed by atoms with E-state index in [1.807, 2.05) is 6.07 Å². The summed E-state index contributed by atoms with van der Waals surface area (Å²) >= 11 is 12.1. The van der Waals surface area contributed by atoms with E-state index >= 15 is 0 Å². The van der Waals surface area contributed by atoms with Crippen LogP contribution in [0.1, 0.15) is 44.1 Å². The number of amides is 2. The lowest BCUT2D eigenvalue weighted by Gasteiger charge is -2.41. The van der Waals surface area contributed by atoms with Gasteiger partial charge in [-0.15, -0.1) is 0 Å². The zero-order valence-corrected chi connectivity index (χ0v) is 14.3. The summed E-state index contributed by atoms with van der Waals surface area (Å²) in [5.41, 5.74) is 0.297. The fourth-order valence-electron chi connectivity index (χ4n) is 3.34. The molecular formula is C17H20Cl2N2O2. The van der Waals surface area contributed by atoms with Gasteiger partial charge in [0.2, 0.25) is 11.8 Å². The van der Waals surface area contributed by atoms with Crippen LogP contribution in [0.2, 0.25) is 10.0 Å². The summed E-state index contributed by atoms with van der Waals surface area (Å²) in [5.74, 6) is -0.163. The predicted molar refractivity (Wildman–Crippen MR) is 90.8 cm³/mol. The van der Waals surface area contributed by atoms with Crippen LogP contribution in [0, 0.1) is 0 Å². The number of hydrogen-bond donors (Lipinski definition) is 2. The first kappa shape index (κ1) is 16.6. The maximum absolute atomic E-state index is 12.9. The summed E-state index contributed by atoms with van der Waals surface area (Å²) in [6, 6.07) is 4.92. The van der Waals surface area contributed by atoms with Crippen LogP contribution in [-0.4, -0.2) is 24.4 Å². The first-order valence-electron chi connectivity index (χ1n) is 8.07. The van der Waals surface area contributed by atoms with E-state index in [-0.39, 0.29) is 11.8 Å². The second-order valence-electron chi connectivity index (χ2n) is 6.38. The van der Waals surface area contributed by atoms with Crippen molar-refractivity contribution in [2.45, 2.75) is 50.0 Å². The molecule has 0 spiro atoms. The summed E-state index contributed by atoms with van der Waals surface area (Å²) in [7, 11) is 0. The van der Waals surface area contributed by atoms with Crippen molar-refractivity contribution in [3.05, 3.63) is 33.8 Å². The smallest absolute Gasteiger partial charge is 0.242 e. The van der Waals surface area contributed by atoms with Crippen molar-refractivity contribution in [1.29, 1.82) is 0 Å². The average molecular weight is 355 g/mol. The van der Waals surface area contributed by atoms with E-state index in [1.165, 1.54) is 0 Å². The topological polar surface area (TPSA) is 58.2 Å². The summed E-state index contributed by atoms with van der Waals surface area (Å²) in [6.07, 6.45) is 5.11. The van der Waals surface area contributed by atoms with Crippen LogP contribution in [0.15, 0.2) is 18.2 Å². The Morgan fingerprint density at radius 2 is 1.96 bits per heavy atom. The fourth-order valence-corrected chi connectivity index (χ4v) is 3.64. The van der Waals surface area contributed by atoms with Gasteiger partial charge in [0.15, 0.2) is 0 Å². The minimum Gasteiger partial charge on any atom is -0.354 e. The molecule has 1 atom stereocenters. The highest BCUT2D eigenvalue weighted by Crippen LogP contribution is 2.45. The second-order valence-corrected chi connectivity index (χ2v) is 7.19. The molecule has 2 amide bonds. The lowest BCUT2D eigenvalue weighted by molar-refractivity contribution is -0.134. The van der Waals surface area contributed by atoms with Crippen LogP contribution >= 0.6 is 23.2 Å². The molecule has 6 heteroatoms. The van der Waals surface area contributed by atoms with Gasteiger partial charge in [-0.2, -0.15) is 0 Å². The van der Waals surface area contributed by atoms with E-state index in [1.54, 1.807) is 12.1 Å². The van der Waals surface area contributed by atoms with Gasteiger partial charge in [-0.25, -0.2) is 0 Å². The van der Waals surface area contributed by atoms with E-state index in [0.717, 1.165) is 37.7 Å². The summed E-state index contributed by atoms with van der Waals surface area (Å²) in [5, 5.41) is 6.74. The summed E-state index contributed by atoms with van der Waals surface area (Å²) in [4.78, 5) is 25.0. The van der Waals surface area contributed by atoms with Crippen LogP contribution in [0.4, 0.5) is 0 Å². The third-order valence-electron chi connectivity index (χ3n) is 4.95. The van der Waals surface area contributed by atoms with Crippen molar-refractivity contribution in [3.8, 4) is 0 Å². The molecule has 0 aromatic heterocycles. The van der Waals surface area contributed by atoms with Gasteiger partial charge in [-0.3, -0.25) is 9.59 Å². The Hall–Kier alpha value is -1.26. The monoisotopic (exact) mass is 354 g/mol. The molecule has 2 fully saturated rings. The van der Waals surface area contributed by atoms with Crippen molar-refractivity contribution in [1.82, 2.24) is 10.6 Å². The molecule has 2 N–H and O–H groups in total. The first-order chi connectivity index (χ1) is 11.0. The van der Waals surface area contributed by atoms with E-state index in [2.05, 4.69) is 10.6 Å². The number of carbonyl (C=O) groups is 2. The number of benzene rings is 1. The highest BCUT2D eigenvalue weighted by Gasteiger charge is 2.46. The Bertz CT molecular complexity index is 629. The van der Waals surface area contributed by atoms with E-state index in [4.69, 9.17) is 23.2 Å². The van der Waals surface area contributed by atoms with Crippen molar-refractivity contribution in [2.75, 3.05) is 6.54 Å². The van der Waals surface area contributed by atoms with Gasteiger partial charge >= 0.3 is 0 Å². The minimum atomic E-state index is -0.583. The molecule has 1 aromatic rings. The predicted octanol–water partition coefficient (Wildman–Crippen LogP) is 3.20. The van der Waals surface area contributed by atoms with Crippen LogP contribution in [0.25, 0.3) is 0 Å². The molecule has 1 saturated heterocycles. The Kier molecular flexibility index (Phi) is 4.83. The number of nitrogens with one attached hydrogen (secondary N) is 2. The Morgan fingerprint density at radius 1 is 1.17 bits per heavy atom. The quantitative estimate of drug-likeness (QED) is 0.875. The molecule has 1 unspecified atom stereocenters. The minimum absolute atomic E-state index is 0.0795. The highest BCUT2D eigenvalue weighted by atomic mass is 35.5. The van der Waals surface area contributed by atoms with Crippen molar-refractivity contribution >= 4 is 35.0 Å². The van der Waals surface area contributed by atoms with Crippen LogP contribution in [0.3, 0.4) is 0 Å². The van der Waals surface area contributed by atoms with Gasteiger partial charge in [0.25, 0.3) is 0 Å². The molecule has 1 aromatic carbocycles. The maximum atomic E-state index is 12.9.